The maximum Gasteiger partial charge on any atom is 0.0406 e. The van der Waals surface area contributed by atoms with Gasteiger partial charge in [0.15, 0.2) is 0 Å². The molecule has 1 aromatic carbocycles. The van der Waals surface area contributed by atoms with E-state index in [0.717, 1.165) is 5.02 Å². The molecule has 0 aromatic heterocycles. The van der Waals surface area contributed by atoms with E-state index in [0.29, 0.717) is 5.41 Å². The van der Waals surface area contributed by atoms with Gasteiger partial charge in [0.05, 0.1) is 0 Å². The average Bonchev–Trinajstić information content (AvgIpc) is 2.31. The van der Waals surface area contributed by atoms with Crippen LogP contribution in [0.3, 0.4) is 0 Å². The fourth-order valence-electron chi connectivity index (χ4n) is 2.88. The van der Waals surface area contributed by atoms with Crippen LogP contribution in [-0.2, 0) is 5.41 Å². The van der Waals surface area contributed by atoms with Gasteiger partial charge >= 0.3 is 0 Å². The summed E-state index contributed by atoms with van der Waals surface area (Å²) in [4.78, 5) is 0. The van der Waals surface area contributed by atoms with Crippen LogP contribution in [0.5, 0.6) is 0 Å². The van der Waals surface area contributed by atoms with Gasteiger partial charge in [-0.1, -0.05) is 49.9 Å². The van der Waals surface area contributed by atoms with Gasteiger partial charge in [0.1, 0.15) is 0 Å². The molecule has 0 nitrogen and oxygen atoms in total. The summed E-state index contributed by atoms with van der Waals surface area (Å²) in [5.41, 5.74) is 1.94. The van der Waals surface area contributed by atoms with E-state index in [9.17, 15) is 0 Å². The largest absolute Gasteiger partial charge is 0.0843 e. The molecule has 1 fully saturated rings. The molecule has 0 unspecified atom stereocenters. The summed E-state index contributed by atoms with van der Waals surface area (Å²) in [6.07, 6.45) is 8.15. The summed E-state index contributed by atoms with van der Waals surface area (Å²) >= 11 is 5.94. The van der Waals surface area contributed by atoms with Crippen molar-refractivity contribution in [3.8, 4) is 0 Å². The Kier molecular flexibility index (Phi) is 3.35. The summed E-state index contributed by atoms with van der Waals surface area (Å²) in [5, 5.41) is 0.848. The third-order valence-electron chi connectivity index (χ3n) is 3.94. The molecule has 1 heteroatoms. The first-order valence-electron chi connectivity index (χ1n) is 6.03. The highest BCUT2D eigenvalue weighted by molar-refractivity contribution is 6.30. The number of hydrogen-bond donors (Lipinski definition) is 0. The SMILES string of the molecule is CCC1(c2ccc(Cl)cc2)CCCCC1. The Morgan fingerprint density at radius 2 is 1.67 bits per heavy atom. The van der Waals surface area contributed by atoms with Crippen LogP contribution in [0.1, 0.15) is 51.0 Å². The molecule has 0 radical (unpaired) electrons. The summed E-state index contributed by atoms with van der Waals surface area (Å²) in [5.74, 6) is 0. The molecule has 0 amide bonds. The van der Waals surface area contributed by atoms with Crippen molar-refractivity contribution in [1.29, 1.82) is 0 Å². The van der Waals surface area contributed by atoms with E-state index in [1.807, 2.05) is 12.1 Å². The van der Waals surface area contributed by atoms with E-state index >= 15 is 0 Å². The van der Waals surface area contributed by atoms with Gasteiger partial charge in [-0.15, -0.1) is 0 Å². The maximum absolute atomic E-state index is 5.94. The summed E-state index contributed by atoms with van der Waals surface area (Å²) in [7, 11) is 0. The Morgan fingerprint density at radius 1 is 1.07 bits per heavy atom. The molecule has 82 valence electrons. The van der Waals surface area contributed by atoms with Crippen molar-refractivity contribution in [2.75, 3.05) is 0 Å². The number of rotatable bonds is 2. The first-order valence-corrected chi connectivity index (χ1v) is 6.41. The molecular weight excluding hydrogens is 204 g/mol. The van der Waals surface area contributed by atoms with Crippen LogP contribution in [0.15, 0.2) is 24.3 Å². The molecule has 0 spiro atoms. The third-order valence-corrected chi connectivity index (χ3v) is 4.20. The minimum Gasteiger partial charge on any atom is -0.0843 e. The van der Waals surface area contributed by atoms with Gasteiger partial charge in [-0.25, -0.2) is 0 Å². The Morgan fingerprint density at radius 3 is 2.20 bits per heavy atom. The second-order valence-corrected chi connectivity index (χ2v) is 5.14. The van der Waals surface area contributed by atoms with Crippen LogP contribution in [0.2, 0.25) is 5.02 Å². The molecule has 0 N–H and O–H groups in total. The van der Waals surface area contributed by atoms with E-state index in [4.69, 9.17) is 11.6 Å². The lowest BCUT2D eigenvalue weighted by Crippen LogP contribution is -2.27. The molecule has 0 saturated heterocycles. The fourth-order valence-corrected chi connectivity index (χ4v) is 3.00. The lowest BCUT2D eigenvalue weighted by atomic mass is 9.68. The number of benzene rings is 1. The van der Waals surface area contributed by atoms with Crippen molar-refractivity contribution in [3.05, 3.63) is 34.9 Å². The zero-order chi connectivity index (χ0) is 10.7. The second kappa shape index (κ2) is 4.57. The van der Waals surface area contributed by atoms with E-state index in [1.54, 1.807) is 0 Å². The molecule has 1 aliphatic rings. The first kappa shape index (κ1) is 11.0. The summed E-state index contributed by atoms with van der Waals surface area (Å²) < 4.78 is 0. The topological polar surface area (TPSA) is 0 Å². The smallest absolute Gasteiger partial charge is 0.0406 e. The highest BCUT2D eigenvalue weighted by Crippen LogP contribution is 2.42. The first-order chi connectivity index (χ1) is 7.27. The highest BCUT2D eigenvalue weighted by Gasteiger charge is 2.31. The standard InChI is InChI=1S/C14H19Cl/c1-2-14(10-4-3-5-11-14)12-6-8-13(15)9-7-12/h6-9H,2-5,10-11H2,1H3. The summed E-state index contributed by atoms with van der Waals surface area (Å²) in [6.45, 7) is 2.32. The normalized spacial score (nSPS) is 20.1. The number of hydrogen-bond acceptors (Lipinski definition) is 0. The van der Waals surface area contributed by atoms with Gasteiger partial charge in [-0.3, -0.25) is 0 Å². The van der Waals surface area contributed by atoms with Crippen molar-refractivity contribution in [2.24, 2.45) is 0 Å². The predicted octanol–water partition coefficient (Wildman–Crippen LogP) is 4.95. The maximum atomic E-state index is 5.94. The van der Waals surface area contributed by atoms with Crippen molar-refractivity contribution >= 4 is 11.6 Å². The third kappa shape index (κ3) is 2.20. The van der Waals surface area contributed by atoms with Crippen LogP contribution < -0.4 is 0 Å². The van der Waals surface area contributed by atoms with Crippen LogP contribution in [0, 0.1) is 0 Å². The van der Waals surface area contributed by atoms with E-state index in [-0.39, 0.29) is 0 Å². The highest BCUT2D eigenvalue weighted by atomic mass is 35.5. The molecule has 2 rings (SSSR count). The minimum absolute atomic E-state index is 0.447. The summed E-state index contributed by atoms with van der Waals surface area (Å²) in [6, 6.07) is 8.50. The van der Waals surface area contributed by atoms with Crippen LogP contribution >= 0.6 is 11.6 Å². The monoisotopic (exact) mass is 222 g/mol. The van der Waals surface area contributed by atoms with Crippen molar-refractivity contribution in [3.63, 3.8) is 0 Å². The van der Waals surface area contributed by atoms with Crippen LogP contribution in [-0.4, -0.2) is 0 Å². The van der Waals surface area contributed by atoms with Crippen LogP contribution in [0.25, 0.3) is 0 Å². The average molecular weight is 223 g/mol. The minimum atomic E-state index is 0.447. The van der Waals surface area contributed by atoms with E-state index in [2.05, 4.69) is 19.1 Å². The molecule has 1 saturated carbocycles. The zero-order valence-corrected chi connectivity index (χ0v) is 10.2. The molecule has 0 bridgehead atoms. The Hall–Kier alpha value is -0.490. The van der Waals surface area contributed by atoms with Crippen molar-refractivity contribution in [2.45, 2.75) is 50.9 Å². The van der Waals surface area contributed by atoms with E-state index < -0.39 is 0 Å². The molecule has 0 atom stereocenters. The van der Waals surface area contributed by atoms with Gasteiger partial charge < -0.3 is 0 Å². The lowest BCUT2D eigenvalue weighted by molar-refractivity contribution is 0.283. The molecule has 1 aliphatic carbocycles. The molecule has 1 aromatic rings. The Bertz CT molecular complexity index is 307. The van der Waals surface area contributed by atoms with E-state index in [1.165, 1.54) is 44.1 Å². The Labute approximate surface area is 97.6 Å². The lowest BCUT2D eigenvalue weighted by Gasteiger charge is -2.37. The second-order valence-electron chi connectivity index (χ2n) is 4.70. The quantitative estimate of drug-likeness (QED) is 0.664. The van der Waals surface area contributed by atoms with Gasteiger partial charge in [-0.2, -0.15) is 0 Å². The fraction of sp³-hybridized carbons (Fsp3) is 0.571. The van der Waals surface area contributed by atoms with Gasteiger partial charge in [0, 0.05) is 5.02 Å². The van der Waals surface area contributed by atoms with Gasteiger partial charge in [0.2, 0.25) is 0 Å². The molecule has 0 aliphatic heterocycles. The molecule has 15 heavy (non-hydrogen) atoms. The van der Waals surface area contributed by atoms with Crippen LogP contribution in [0.4, 0.5) is 0 Å². The van der Waals surface area contributed by atoms with Crippen molar-refractivity contribution < 1.29 is 0 Å². The molecule has 0 heterocycles. The van der Waals surface area contributed by atoms with Crippen molar-refractivity contribution in [1.82, 2.24) is 0 Å². The van der Waals surface area contributed by atoms with Gasteiger partial charge in [0.25, 0.3) is 0 Å². The predicted molar refractivity (Wildman–Crippen MR) is 66.5 cm³/mol. The Balaban J connectivity index is 2.28. The zero-order valence-electron chi connectivity index (χ0n) is 9.43. The number of halogens is 1. The van der Waals surface area contributed by atoms with Gasteiger partial charge in [-0.05, 0) is 42.4 Å². The molecular formula is C14H19Cl.